The van der Waals surface area contributed by atoms with Crippen LogP contribution in [0.1, 0.15) is 22.6 Å². The quantitative estimate of drug-likeness (QED) is 0.290. The number of aromatic amines is 1. The molecular formula is C22H23Cl2N6O3+. The maximum atomic E-state index is 6.62. The van der Waals surface area contributed by atoms with Crippen LogP contribution < -0.4 is 15.0 Å². The molecule has 3 N–H and O–H groups in total. The zero-order valence-corrected chi connectivity index (χ0v) is 20.0. The van der Waals surface area contributed by atoms with E-state index < -0.39 is 0 Å². The third-order valence-corrected chi connectivity index (χ3v) is 5.57. The number of imidazole rings is 1. The number of nitrogens with one attached hydrogen (secondary N) is 1. The molecule has 0 amide bonds. The maximum Gasteiger partial charge on any atom is 0.179 e. The van der Waals surface area contributed by atoms with E-state index in [-0.39, 0.29) is 0 Å². The van der Waals surface area contributed by atoms with Gasteiger partial charge in [-0.3, -0.25) is 4.68 Å². The molecule has 172 valence electrons. The van der Waals surface area contributed by atoms with Gasteiger partial charge in [0.15, 0.2) is 17.1 Å². The van der Waals surface area contributed by atoms with Gasteiger partial charge in [0.05, 0.1) is 49.7 Å². The Bertz CT molecular complexity index is 1330. The third-order valence-electron chi connectivity index (χ3n) is 5.04. The third kappa shape index (κ3) is 4.81. The monoisotopic (exact) mass is 489 g/mol. The molecule has 3 heterocycles. The van der Waals surface area contributed by atoms with E-state index in [0.717, 1.165) is 27.9 Å². The molecule has 0 bridgehead atoms. The molecule has 0 aliphatic carbocycles. The van der Waals surface area contributed by atoms with Gasteiger partial charge in [0.25, 0.3) is 0 Å². The fraction of sp³-hybridized carbons (Fsp3) is 0.227. The largest absolute Gasteiger partial charge is 0.493 e. The number of hydroxylamine groups is 1. The fourth-order valence-electron chi connectivity index (χ4n) is 3.53. The number of aryl methyl sites for hydroxylation is 1. The van der Waals surface area contributed by atoms with Crippen molar-refractivity contribution in [3.05, 3.63) is 69.5 Å². The van der Waals surface area contributed by atoms with Crippen molar-refractivity contribution in [3.63, 3.8) is 0 Å². The lowest BCUT2D eigenvalue weighted by Gasteiger charge is -2.13. The maximum absolute atomic E-state index is 6.62. The number of methoxy groups -OCH3 is 2. The summed E-state index contributed by atoms with van der Waals surface area (Å²) in [5, 5.41) is 5.58. The number of aromatic nitrogens is 5. The van der Waals surface area contributed by atoms with Crippen molar-refractivity contribution < 1.29 is 19.8 Å². The summed E-state index contributed by atoms with van der Waals surface area (Å²) >= 11 is 12.6. The van der Waals surface area contributed by atoms with Gasteiger partial charge in [0.2, 0.25) is 0 Å². The number of halogens is 2. The minimum absolute atomic E-state index is 0.397. The summed E-state index contributed by atoms with van der Waals surface area (Å²) in [5.74, 6) is 1.83. The van der Waals surface area contributed by atoms with Crippen molar-refractivity contribution in [3.8, 4) is 11.5 Å². The normalized spacial score (nSPS) is 11.9. The molecule has 9 nitrogen and oxygen atoms in total. The molecule has 0 radical (unpaired) electrons. The first-order valence-electron chi connectivity index (χ1n) is 9.97. The molecule has 0 atom stereocenters. The molecule has 0 aliphatic heterocycles. The molecule has 1 aromatic carbocycles. The number of nitrogens with two attached hydrogens (primary N) is 1. The highest BCUT2D eigenvalue weighted by Crippen LogP contribution is 2.38. The molecule has 0 aliphatic rings. The predicted octanol–water partition coefficient (Wildman–Crippen LogP) is 3.35. The van der Waals surface area contributed by atoms with E-state index in [9.17, 15) is 0 Å². The zero-order chi connectivity index (χ0) is 23.5. The predicted molar refractivity (Wildman–Crippen MR) is 126 cm³/mol. The highest BCUT2D eigenvalue weighted by atomic mass is 35.5. The second-order valence-corrected chi connectivity index (χ2v) is 7.95. The number of benzene rings is 1. The van der Waals surface area contributed by atoms with Crippen molar-refractivity contribution >= 4 is 39.9 Å². The topological polar surface area (TPSA) is 104 Å². The molecule has 33 heavy (non-hydrogen) atoms. The van der Waals surface area contributed by atoms with Crippen molar-refractivity contribution in [1.29, 1.82) is 0 Å². The van der Waals surface area contributed by atoms with Crippen LogP contribution in [0.25, 0.3) is 16.7 Å². The van der Waals surface area contributed by atoms with Crippen molar-refractivity contribution in [2.45, 2.75) is 13.5 Å². The first-order chi connectivity index (χ1) is 15.9. The average molecular weight is 490 g/mol. The second kappa shape index (κ2) is 9.80. The molecule has 4 rings (SSSR count). The summed E-state index contributed by atoms with van der Waals surface area (Å²) in [6.45, 7) is 2.36. The highest BCUT2D eigenvalue weighted by molar-refractivity contribution is 6.32. The Morgan fingerprint density at radius 2 is 1.85 bits per heavy atom. The first-order valence-corrected chi connectivity index (χ1v) is 10.7. The van der Waals surface area contributed by atoms with Crippen LogP contribution in [0.2, 0.25) is 10.2 Å². The molecule has 0 spiro atoms. The van der Waals surface area contributed by atoms with E-state index in [0.29, 0.717) is 39.7 Å². The van der Waals surface area contributed by atoms with E-state index >= 15 is 0 Å². The van der Waals surface area contributed by atoms with Crippen LogP contribution in [-0.2, 0) is 11.4 Å². The van der Waals surface area contributed by atoms with Crippen LogP contribution in [0.15, 0.2) is 36.7 Å². The minimum atomic E-state index is 0.397. The second-order valence-electron chi connectivity index (χ2n) is 7.15. The summed E-state index contributed by atoms with van der Waals surface area (Å²) in [6, 6.07) is 7.13. The van der Waals surface area contributed by atoms with Gasteiger partial charge >= 0.3 is 0 Å². The number of hydrogen-bond acceptors (Lipinski definition) is 6. The van der Waals surface area contributed by atoms with E-state index in [4.69, 9.17) is 37.5 Å². The number of H-pyrrole nitrogens is 1. The van der Waals surface area contributed by atoms with Gasteiger partial charge in [-0.15, -0.1) is 0 Å². The summed E-state index contributed by atoms with van der Waals surface area (Å²) in [6.07, 6.45) is 3.78. The molecule has 0 saturated heterocycles. The van der Waals surface area contributed by atoms with Gasteiger partial charge in [0, 0.05) is 23.4 Å². The lowest BCUT2D eigenvalue weighted by molar-refractivity contribution is -0.842. The van der Waals surface area contributed by atoms with E-state index in [1.54, 1.807) is 43.6 Å². The Labute approximate surface area is 200 Å². The average Bonchev–Trinajstić information content (AvgIpc) is 3.36. The number of ether oxygens (including phenoxy) is 2. The van der Waals surface area contributed by atoms with Gasteiger partial charge in [0.1, 0.15) is 17.2 Å². The highest BCUT2D eigenvalue weighted by Gasteiger charge is 2.20. The van der Waals surface area contributed by atoms with Crippen LogP contribution in [-0.4, -0.2) is 46.1 Å². The molecule has 0 unspecified atom stereocenters. The van der Waals surface area contributed by atoms with Crippen LogP contribution in [0.5, 0.6) is 11.5 Å². The van der Waals surface area contributed by atoms with Crippen LogP contribution in [0, 0.1) is 6.92 Å². The Hall–Kier alpha value is -3.11. The SMILES string of the molecule is CO[NH2+]/C=C(/c1cc(OC)c(OC)cc1Cl)c1cn(Cc2nc3nc(Cl)ccc3[nH]2)nc1C. The first kappa shape index (κ1) is 23.1. The number of nitrogens with zero attached hydrogens (tertiary/aromatic N) is 4. The molecule has 0 fully saturated rings. The Morgan fingerprint density at radius 1 is 1.09 bits per heavy atom. The standard InChI is InChI=1S/C22H22Cl2N6O3/c1-12-15(10-30(29-12)11-21-26-17-5-6-20(24)27-22(17)28-21)14(9-25-33-4)13-7-18(31-2)19(32-3)8-16(13)23/h5-10,25H,11H2,1-4H3,(H,26,27,28)/p+1/b14-9-. The van der Waals surface area contributed by atoms with Gasteiger partial charge in [-0.25, -0.2) is 14.8 Å². The summed E-state index contributed by atoms with van der Waals surface area (Å²) in [4.78, 5) is 17.2. The molecule has 4 aromatic rings. The molecule has 0 saturated carbocycles. The summed E-state index contributed by atoms with van der Waals surface area (Å²) < 4.78 is 12.6. The number of pyridine rings is 1. The van der Waals surface area contributed by atoms with Crippen LogP contribution >= 0.6 is 23.2 Å². The number of quaternary nitrogens is 1. The van der Waals surface area contributed by atoms with Crippen LogP contribution in [0.4, 0.5) is 0 Å². The smallest absolute Gasteiger partial charge is 0.179 e. The Balaban J connectivity index is 1.72. The molecule has 3 aromatic heterocycles. The Kier molecular flexibility index (Phi) is 6.85. The van der Waals surface area contributed by atoms with E-state index in [1.807, 2.05) is 31.5 Å². The fourth-order valence-corrected chi connectivity index (χ4v) is 3.93. The van der Waals surface area contributed by atoms with Gasteiger partial charge < -0.3 is 14.5 Å². The van der Waals surface area contributed by atoms with Crippen molar-refractivity contribution in [2.24, 2.45) is 0 Å². The molecule has 11 heteroatoms. The van der Waals surface area contributed by atoms with Gasteiger partial charge in [-0.2, -0.15) is 10.6 Å². The van der Waals surface area contributed by atoms with Gasteiger partial charge in [-0.1, -0.05) is 23.2 Å². The van der Waals surface area contributed by atoms with Crippen LogP contribution in [0.3, 0.4) is 0 Å². The number of rotatable bonds is 8. The van der Waals surface area contributed by atoms with Crippen molar-refractivity contribution in [2.75, 3.05) is 21.3 Å². The lowest BCUT2D eigenvalue weighted by atomic mass is 9.99. The number of hydrogen-bond donors (Lipinski definition) is 2. The Morgan fingerprint density at radius 3 is 2.58 bits per heavy atom. The minimum Gasteiger partial charge on any atom is -0.493 e. The lowest BCUT2D eigenvalue weighted by Crippen LogP contribution is -2.76. The number of fused-ring (bicyclic) bond motifs is 1. The van der Waals surface area contributed by atoms with E-state index in [1.165, 1.54) is 0 Å². The molecular weight excluding hydrogens is 467 g/mol. The summed E-state index contributed by atoms with van der Waals surface area (Å²) in [5.41, 5.74) is 6.24. The van der Waals surface area contributed by atoms with Gasteiger partial charge in [-0.05, 0) is 25.1 Å². The van der Waals surface area contributed by atoms with Crippen molar-refractivity contribution in [1.82, 2.24) is 24.7 Å². The van der Waals surface area contributed by atoms with E-state index in [2.05, 4.69) is 20.1 Å². The zero-order valence-electron chi connectivity index (χ0n) is 18.5. The summed E-state index contributed by atoms with van der Waals surface area (Å²) in [7, 11) is 4.74.